The van der Waals surface area contributed by atoms with E-state index >= 15 is 0 Å². The molecule has 0 saturated carbocycles. The van der Waals surface area contributed by atoms with Gasteiger partial charge in [-0.05, 0) is 30.5 Å². The van der Waals surface area contributed by atoms with E-state index in [1.54, 1.807) is 12.1 Å². The maximum absolute atomic E-state index is 10.8. The summed E-state index contributed by atoms with van der Waals surface area (Å²) in [6, 6.07) is 8.83. The average molecular weight is 286 g/mol. The number of nitrogens with zero attached hydrogens (tertiary/aromatic N) is 3. The van der Waals surface area contributed by atoms with Crippen molar-refractivity contribution in [2.45, 2.75) is 19.4 Å². The van der Waals surface area contributed by atoms with Crippen LogP contribution in [0, 0.1) is 16.0 Å². The van der Waals surface area contributed by atoms with Gasteiger partial charge in [-0.15, -0.1) is 0 Å². The summed E-state index contributed by atoms with van der Waals surface area (Å²) < 4.78 is 0. The summed E-state index contributed by atoms with van der Waals surface area (Å²) in [7, 11) is 0. The highest BCUT2D eigenvalue weighted by Gasteiger charge is 2.24. The molecule has 0 spiro atoms. The number of nitro benzene ring substituents is 1. The Morgan fingerprint density at radius 1 is 1.38 bits per heavy atom. The number of anilines is 1. The van der Waals surface area contributed by atoms with Crippen LogP contribution in [0.2, 0.25) is 0 Å². The number of benzene rings is 1. The molecule has 6 nitrogen and oxygen atoms in total. The number of rotatable bonds is 2. The molecule has 2 N–H and O–H groups in total. The second kappa shape index (κ2) is 5.29. The molecule has 1 aliphatic heterocycles. The van der Waals surface area contributed by atoms with Crippen LogP contribution in [-0.2, 0) is 0 Å². The van der Waals surface area contributed by atoms with Crippen LogP contribution in [0.15, 0.2) is 30.3 Å². The van der Waals surface area contributed by atoms with Gasteiger partial charge in [-0.1, -0.05) is 6.92 Å². The third-order valence-corrected chi connectivity index (χ3v) is 4.16. The van der Waals surface area contributed by atoms with E-state index in [4.69, 9.17) is 5.73 Å². The van der Waals surface area contributed by atoms with Crippen molar-refractivity contribution < 1.29 is 4.92 Å². The minimum absolute atomic E-state index is 0.0922. The predicted octanol–water partition coefficient (Wildman–Crippen LogP) is 2.32. The van der Waals surface area contributed by atoms with Gasteiger partial charge in [0.2, 0.25) is 0 Å². The number of nitro groups is 1. The number of nitrogens with two attached hydrogens (primary N) is 1. The Hall–Kier alpha value is -2.21. The van der Waals surface area contributed by atoms with Gasteiger partial charge in [0.05, 0.1) is 10.4 Å². The summed E-state index contributed by atoms with van der Waals surface area (Å²) in [6.07, 6.45) is 0.959. The lowest BCUT2D eigenvalue weighted by Gasteiger charge is -2.35. The topological polar surface area (TPSA) is 85.3 Å². The van der Waals surface area contributed by atoms with Crippen molar-refractivity contribution in [1.29, 1.82) is 0 Å². The molecular weight excluding hydrogens is 268 g/mol. The van der Waals surface area contributed by atoms with Crippen LogP contribution in [0.4, 0.5) is 11.5 Å². The molecule has 2 atom stereocenters. The lowest BCUT2D eigenvalue weighted by atomic mass is 9.95. The standard InChI is InChI=1S/C15H18N4O2/c1-10-9-18(7-6-13(10)16)15-5-2-11-8-12(19(20)21)3-4-14(11)17-15/h2-5,8,10,13H,6-7,9,16H2,1H3. The van der Waals surface area contributed by atoms with Crippen LogP contribution >= 0.6 is 0 Å². The van der Waals surface area contributed by atoms with Crippen molar-refractivity contribution in [3.05, 3.63) is 40.4 Å². The summed E-state index contributed by atoms with van der Waals surface area (Å²) in [5.41, 5.74) is 6.91. The van der Waals surface area contributed by atoms with Gasteiger partial charge in [0, 0.05) is 36.7 Å². The zero-order valence-electron chi connectivity index (χ0n) is 11.9. The van der Waals surface area contributed by atoms with Crippen LogP contribution in [0.3, 0.4) is 0 Å². The highest BCUT2D eigenvalue weighted by Crippen LogP contribution is 2.25. The number of piperidine rings is 1. The summed E-state index contributed by atoms with van der Waals surface area (Å²) in [6.45, 7) is 3.95. The first kappa shape index (κ1) is 13.8. The number of aromatic nitrogens is 1. The van der Waals surface area contributed by atoms with Crippen molar-refractivity contribution in [2.24, 2.45) is 11.7 Å². The molecule has 3 rings (SSSR count). The molecule has 0 aliphatic carbocycles. The molecule has 1 saturated heterocycles. The number of hydrogen-bond acceptors (Lipinski definition) is 5. The maximum Gasteiger partial charge on any atom is 0.270 e. The van der Waals surface area contributed by atoms with Gasteiger partial charge in [0.25, 0.3) is 5.69 Å². The van der Waals surface area contributed by atoms with Crippen LogP contribution in [0.25, 0.3) is 10.9 Å². The molecule has 6 heteroatoms. The number of fused-ring (bicyclic) bond motifs is 1. The predicted molar refractivity (Wildman–Crippen MR) is 82.4 cm³/mol. The van der Waals surface area contributed by atoms with Gasteiger partial charge < -0.3 is 10.6 Å². The van der Waals surface area contributed by atoms with E-state index in [-0.39, 0.29) is 16.7 Å². The molecule has 1 aromatic carbocycles. The first-order valence-electron chi connectivity index (χ1n) is 7.10. The SMILES string of the molecule is CC1CN(c2ccc3cc([N+](=O)[O-])ccc3n2)CCC1N. The Labute approximate surface area is 122 Å². The van der Waals surface area contributed by atoms with Crippen LogP contribution in [-0.4, -0.2) is 29.0 Å². The van der Waals surface area contributed by atoms with Gasteiger partial charge in [0.15, 0.2) is 0 Å². The fraction of sp³-hybridized carbons (Fsp3) is 0.400. The van der Waals surface area contributed by atoms with E-state index in [1.165, 1.54) is 6.07 Å². The fourth-order valence-electron chi connectivity index (χ4n) is 2.76. The minimum atomic E-state index is -0.388. The fourth-order valence-corrected chi connectivity index (χ4v) is 2.76. The minimum Gasteiger partial charge on any atom is -0.356 e. The van der Waals surface area contributed by atoms with Gasteiger partial charge in [-0.3, -0.25) is 10.1 Å². The quantitative estimate of drug-likeness (QED) is 0.676. The van der Waals surface area contributed by atoms with E-state index in [1.807, 2.05) is 12.1 Å². The second-order valence-corrected chi connectivity index (χ2v) is 5.68. The molecule has 110 valence electrons. The molecular formula is C15H18N4O2. The smallest absolute Gasteiger partial charge is 0.270 e. The third kappa shape index (κ3) is 2.67. The van der Waals surface area contributed by atoms with Crippen molar-refractivity contribution in [2.75, 3.05) is 18.0 Å². The number of pyridine rings is 1. The Bertz CT molecular complexity index is 688. The lowest BCUT2D eigenvalue weighted by molar-refractivity contribution is -0.384. The molecule has 0 amide bonds. The van der Waals surface area contributed by atoms with Crippen molar-refractivity contribution in [3.63, 3.8) is 0 Å². The lowest BCUT2D eigenvalue weighted by Crippen LogP contribution is -2.46. The average Bonchev–Trinajstić information content (AvgIpc) is 2.49. The van der Waals surface area contributed by atoms with Gasteiger partial charge in [-0.2, -0.15) is 0 Å². The summed E-state index contributed by atoms with van der Waals surface area (Å²) in [4.78, 5) is 17.3. The molecule has 2 heterocycles. The molecule has 1 aromatic heterocycles. The monoisotopic (exact) mass is 286 g/mol. The van der Waals surface area contributed by atoms with Crippen molar-refractivity contribution in [1.82, 2.24) is 4.98 Å². The highest BCUT2D eigenvalue weighted by molar-refractivity contribution is 5.82. The van der Waals surface area contributed by atoms with Crippen molar-refractivity contribution in [3.8, 4) is 0 Å². The largest absolute Gasteiger partial charge is 0.356 e. The molecule has 0 radical (unpaired) electrons. The Kier molecular flexibility index (Phi) is 3.47. The maximum atomic E-state index is 10.8. The van der Waals surface area contributed by atoms with Crippen LogP contribution in [0.1, 0.15) is 13.3 Å². The Balaban J connectivity index is 1.91. The van der Waals surface area contributed by atoms with Gasteiger partial charge >= 0.3 is 0 Å². The van der Waals surface area contributed by atoms with E-state index in [0.29, 0.717) is 5.92 Å². The van der Waals surface area contributed by atoms with Crippen molar-refractivity contribution >= 4 is 22.4 Å². The third-order valence-electron chi connectivity index (χ3n) is 4.16. The van der Waals surface area contributed by atoms with Gasteiger partial charge in [0.1, 0.15) is 5.82 Å². The summed E-state index contributed by atoms with van der Waals surface area (Å²) in [5.74, 6) is 1.35. The second-order valence-electron chi connectivity index (χ2n) is 5.68. The van der Waals surface area contributed by atoms with E-state index in [9.17, 15) is 10.1 Å². The molecule has 1 fully saturated rings. The first-order chi connectivity index (χ1) is 10.0. The van der Waals surface area contributed by atoms with E-state index in [2.05, 4.69) is 16.8 Å². The number of non-ortho nitro benzene ring substituents is 1. The zero-order chi connectivity index (χ0) is 15.0. The highest BCUT2D eigenvalue weighted by atomic mass is 16.6. The molecule has 2 unspecified atom stereocenters. The Morgan fingerprint density at radius 2 is 2.19 bits per heavy atom. The van der Waals surface area contributed by atoms with Gasteiger partial charge in [-0.25, -0.2) is 4.98 Å². The first-order valence-corrected chi connectivity index (χ1v) is 7.10. The van der Waals surface area contributed by atoms with Crippen LogP contribution in [0.5, 0.6) is 0 Å². The van der Waals surface area contributed by atoms with E-state index < -0.39 is 0 Å². The molecule has 1 aliphatic rings. The Morgan fingerprint density at radius 3 is 2.90 bits per heavy atom. The summed E-state index contributed by atoms with van der Waals surface area (Å²) >= 11 is 0. The van der Waals surface area contributed by atoms with Crippen LogP contribution < -0.4 is 10.6 Å². The zero-order valence-corrected chi connectivity index (χ0v) is 11.9. The number of hydrogen-bond donors (Lipinski definition) is 1. The van der Waals surface area contributed by atoms with E-state index in [0.717, 1.165) is 36.2 Å². The normalized spacial score (nSPS) is 22.5. The molecule has 21 heavy (non-hydrogen) atoms. The molecule has 2 aromatic rings. The summed E-state index contributed by atoms with van der Waals surface area (Å²) in [5, 5.41) is 11.6. The molecule has 0 bridgehead atoms.